The molecule has 0 unspecified atom stereocenters. The third-order valence-corrected chi connectivity index (χ3v) is 6.15. The molecular formula is C19H24N4OS. The van der Waals surface area contributed by atoms with E-state index in [1.807, 2.05) is 28.4 Å². The molecule has 1 N–H and O–H groups in total. The van der Waals surface area contributed by atoms with Gasteiger partial charge >= 0.3 is 0 Å². The van der Waals surface area contributed by atoms with Crippen LogP contribution in [0, 0.1) is 0 Å². The second kappa shape index (κ2) is 7.52. The van der Waals surface area contributed by atoms with Crippen LogP contribution in [-0.4, -0.2) is 40.4 Å². The molecule has 1 amide bonds. The molecule has 0 radical (unpaired) electrons. The van der Waals surface area contributed by atoms with Crippen LogP contribution >= 0.6 is 11.3 Å². The van der Waals surface area contributed by atoms with Crippen LogP contribution in [0.15, 0.2) is 18.3 Å². The summed E-state index contributed by atoms with van der Waals surface area (Å²) in [5, 5.41) is 4.55. The number of aryl methyl sites for hydroxylation is 2. The van der Waals surface area contributed by atoms with Gasteiger partial charge in [0.2, 0.25) is 0 Å². The van der Waals surface area contributed by atoms with Gasteiger partial charge in [0.25, 0.3) is 5.91 Å². The fraction of sp³-hybridized carbons (Fsp3) is 0.526. The summed E-state index contributed by atoms with van der Waals surface area (Å²) in [6.45, 7) is 2.54. The van der Waals surface area contributed by atoms with Crippen molar-refractivity contribution in [3.63, 3.8) is 0 Å². The van der Waals surface area contributed by atoms with E-state index in [0.717, 1.165) is 56.7 Å². The first-order valence-electron chi connectivity index (χ1n) is 9.26. The molecule has 0 bridgehead atoms. The second-order valence-electron chi connectivity index (χ2n) is 6.79. The van der Waals surface area contributed by atoms with Gasteiger partial charge in [-0.1, -0.05) is 0 Å². The van der Waals surface area contributed by atoms with Crippen molar-refractivity contribution in [1.82, 2.24) is 14.9 Å². The largest absolute Gasteiger partial charge is 0.370 e. The van der Waals surface area contributed by atoms with Gasteiger partial charge in [-0.2, -0.15) is 0 Å². The minimum Gasteiger partial charge on any atom is -0.370 e. The van der Waals surface area contributed by atoms with Crippen molar-refractivity contribution in [2.45, 2.75) is 44.9 Å². The molecular weight excluding hydrogens is 332 g/mol. The third-order valence-electron chi connectivity index (χ3n) is 4.94. The smallest absolute Gasteiger partial charge is 0.254 e. The lowest BCUT2D eigenvalue weighted by Gasteiger charge is -2.26. The number of nitrogens with one attached hydrogen (secondary N) is 1. The van der Waals surface area contributed by atoms with Gasteiger partial charge in [0.15, 0.2) is 0 Å². The van der Waals surface area contributed by atoms with E-state index in [0.29, 0.717) is 0 Å². The molecule has 4 rings (SSSR count). The van der Waals surface area contributed by atoms with Crippen molar-refractivity contribution in [1.29, 1.82) is 0 Å². The maximum Gasteiger partial charge on any atom is 0.254 e. The zero-order valence-electron chi connectivity index (χ0n) is 14.5. The maximum atomic E-state index is 12.6. The average Bonchev–Trinajstić information content (AvgIpc) is 3.24. The van der Waals surface area contributed by atoms with Crippen LogP contribution in [0.5, 0.6) is 0 Å². The highest BCUT2D eigenvalue weighted by Gasteiger charge is 2.19. The summed E-state index contributed by atoms with van der Waals surface area (Å²) in [5.74, 6) is 0.897. The van der Waals surface area contributed by atoms with Gasteiger partial charge in [-0.05, 0) is 50.7 Å². The number of amides is 1. The molecule has 0 atom stereocenters. The summed E-state index contributed by atoms with van der Waals surface area (Å²) in [7, 11) is 0. The maximum absolute atomic E-state index is 12.6. The van der Waals surface area contributed by atoms with Crippen molar-refractivity contribution in [2.24, 2.45) is 0 Å². The number of hydrogen-bond donors (Lipinski definition) is 1. The van der Waals surface area contributed by atoms with Crippen LogP contribution < -0.4 is 5.32 Å². The molecule has 25 heavy (non-hydrogen) atoms. The van der Waals surface area contributed by atoms with Crippen LogP contribution in [0.1, 0.15) is 51.6 Å². The Labute approximate surface area is 152 Å². The van der Waals surface area contributed by atoms with Gasteiger partial charge < -0.3 is 10.2 Å². The Morgan fingerprint density at radius 1 is 1.20 bits per heavy atom. The number of nitrogens with zero attached hydrogens (tertiary/aromatic N) is 3. The Hall–Kier alpha value is -1.95. The molecule has 1 saturated heterocycles. The number of piperidine rings is 1. The Bertz CT molecular complexity index is 730. The highest BCUT2D eigenvalue weighted by Crippen LogP contribution is 2.27. The Morgan fingerprint density at radius 3 is 2.92 bits per heavy atom. The predicted molar refractivity (Wildman–Crippen MR) is 100 cm³/mol. The first-order valence-corrected chi connectivity index (χ1v) is 10.1. The molecule has 0 aromatic carbocycles. The van der Waals surface area contributed by atoms with Gasteiger partial charge in [0.1, 0.15) is 5.82 Å². The lowest BCUT2D eigenvalue weighted by molar-refractivity contribution is 0.0724. The molecule has 0 saturated carbocycles. The number of hydrogen-bond acceptors (Lipinski definition) is 5. The van der Waals surface area contributed by atoms with E-state index in [1.54, 1.807) is 6.20 Å². The molecule has 132 valence electrons. The predicted octanol–water partition coefficient (Wildman–Crippen LogP) is 3.31. The highest BCUT2D eigenvalue weighted by molar-refractivity contribution is 7.11. The standard InChI is InChI=1S/C19H24N4OS/c24-19(23-11-2-1-3-12-23)14-7-9-20-17(13-14)21-10-8-18-22-15-5-4-6-16(15)25-18/h7,9,13H,1-6,8,10-12H2,(H,20,21). The van der Waals surface area contributed by atoms with Crippen LogP contribution in [-0.2, 0) is 19.3 Å². The fourth-order valence-electron chi connectivity index (χ4n) is 3.59. The monoisotopic (exact) mass is 356 g/mol. The van der Waals surface area contributed by atoms with E-state index in [2.05, 4.69) is 10.3 Å². The molecule has 5 nitrogen and oxygen atoms in total. The van der Waals surface area contributed by atoms with Gasteiger partial charge in [-0.15, -0.1) is 11.3 Å². The Balaban J connectivity index is 1.33. The average molecular weight is 356 g/mol. The molecule has 3 heterocycles. The summed E-state index contributed by atoms with van der Waals surface area (Å²) in [6, 6.07) is 3.69. The molecule has 6 heteroatoms. The number of aromatic nitrogens is 2. The number of carbonyl (C=O) groups excluding carboxylic acids is 1. The number of rotatable bonds is 5. The van der Waals surface area contributed by atoms with Gasteiger partial charge in [-0.25, -0.2) is 9.97 Å². The van der Waals surface area contributed by atoms with Crippen molar-refractivity contribution < 1.29 is 4.79 Å². The van der Waals surface area contributed by atoms with E-state index < -0.39 is 0 Å². The van der Waals surface area contributed by atoms with Crippen LogP contribution in [0.25, 0.3) is 0 Å². The fourth-order valence-corrected chi connectivity index (χ4v) is 4.74. The Morgan fingerprint density at radius 2 is 2.08 bits per heavy atom. The quantitative estimate of drug-likeness (QED) is 0.893. The number of carbonyl (C=O) groups is 1. The number of fused-ring (bicyclic) bond motifs is 1. The normalized spacial score (nSPS) is 16.7. The van der Waals surface area contributed by atoms with E-state index in [9.17, 15) is 4.79 Å². The number of anilines is 1. The van der Waals surface area contributed by atoms with Crippen molar-refractivity contribution in [3.05, 3.63) is 39.5 Å². The summed E-state index contributed by atoms with van der Waals surface area (Å²) in [4.78, 5) is 25.1. The molecule has 2 aromatic heterocycles. The number of likely N-dealkylation sites (tertiary alicyclic amines) is 1. The molecule has 1 aliphatic heterocycles. The minimum atomic E-state index is 0.126. The van der Waals surface area contributed by atoms with E-state index >= 15 is 0 Å². The molecule has 1 aliphatic carbocycles. The number of thiazole rings is 1. The molecule has 1 fully saturated rings. The van der Waals surface area contributed by atoms with Crippen LogP contribution in [0.4, 0.5) is 5.82 Å². The number of pyridine rings is 1. The van der Waals surface area contributed by atoms with Crippen molar-refractivity contribution >= 4 is 23.1 Å². The molecule has 2 aliphatic rings. The van der Waals surface area contributed by atoms with E-state index in [4.69, 9.17) is 4.98 Å². The Kier molecular flexibility index (Phi) is 4.97. The zero-order chi connectivity index (χ0) is 17.1. The molecule has 0 spiro atoms. The van der Waals surface area contributed by atoms with Crippen LogP contribution in [0.3, 0.4) is 0 Å². The summed E-state index contributed by atoms with van der Waals surface area (Å²) >= 11 is 1.85. The van der Waals surface area contributed by atoms with Gasteiger partial charge in [0, 0.05) is 42.7 Å². The summed E-state index contributed by atoms with van der Waals surface area (Å²) < 4.78 is 0. The lowest BCUT2D eigenvalue weighted by Crippen LogP contribution is -2.35. The van der Waals surface area contributed by atoms with Gasteiger partial charge in [0.05, 0.1) is 10.7 Å². The first kappa shape index (κ1) is 16.5. The zero-order valence-corrected chi connectivity index (χ0v) is 15.3. The SMILES string of the molecule is O=C(c1ccnc(NCCc2nc3c(s2)CCC3)c1)N1CCCCC1. The minimum absolute atomic E-state index is 0.126. The van der Waals surface area contributed by atoms with Crippen molar-refractivity contribution in [2.75, 3.05) is 25.0 Å². The third kappa shape index (κ3) is 3.84. The van der Waals surface area contributed by atoms with Crippen molar-refractivity contribution in [3.8, 4) is 0 Å². The molecule has 2 aromatic rings. The first-order chi connectivity index (χ1) is 12.3. The summed E-state index contributed by atoms with van der Waals surface area (Å²) in [6.07, 6.45) is 9.67. The lowest BCUT2D eigenvalue weighted by atomic mass is 10.1. The van der Waals surface area contributed by atoms with E-state index in [-0.39, 0.29) is 5.91 Å². The van der Waals surface area contributed by atoms with Crippen LogP contribution in [0.2, 0.25) is 0 Å². The summed E-state index contributed by atoms with van der Waals surface area (Å²) in [5.41, 5.74) is 2.04. The second-order valence-corrected chi connectivity index (χ2v) is 7.96. The highest BCUT2D eigenvalue weighted by atomic mass is 32.1. The van der Waals surface area contributed by atoms with Gasteiger partial charge in [-0.3, -0.25) is 4.79 Å². The topological polar surface area (TPSA) is 58.1 Å². The van der Waals surface area contributed by atoms with E-state index in [1.165, 1.54) is 34.8 Å².